The van der Waals surface area contributed by atoms with Crippen LogP contribution in [0.2, 0.25) is 10.0 Å². The molecule has 4 nitrogen and oxygen atoms in total. The van der Waals surface area contributed by atoms with E-state index in [1.165, 1.54) is 24.1 Å². The molecule has 0 heterocycles. The highest BCUT2D eigenvalue weighted by Gasteiger charge is 2.17. The van der Waals surface area contributed by atoms with E-state index in [0.29, 0.717) is 15.6 Å². The van der Waals surface area contributed by atoms with Crippen molar-refractivity contribution in [2.24, 2.45) is 0 Å². The van der Waals surface area contributed by atoms with Crippen molar-refractivity contribution in [1.29, 1.82) is 0 Å². The van der Waals surface area contributed by atoms with Crippen LogP contribution in [0.25, 0.3) is 0 Å². The van der Waals surface area contributed by atoms with Crippen molar-refractivity contribution in [1.82, 2.24) is 4.90 Å². The predicted octanol–water partition coefficient (Wildman–Crippen LogP) is 4.15. The van der Waals surface area contributed by atoms with Crippen molar-refractivity contribution in [3.05, 3.63) is 63.4 Å². The number of amides is 2. The molecular weight excluding hydrogens is 354 g/mol. The van der Waals surface area contributed by atoms with Gasteiger partial charge in [0.2, 0.25) is 5.91 Å². The number of benzene rings is 2. The summed E-state index contributed by atoms with van der Waals surface area (Å²) in [5, 5.41) is 3.16. The lowest BCUT2D eigenvalue weighted by Gasteiger charge is -2.18. The minimum absolute atomic E-state index is 0.171. The Kier molecular flexibility index (Phi) is 5.80. The monoisotopic (exact) mass is 368 g/mol. The van der Waals surface area contributed by atoms with Gasteiger partial charge in [0.1, 0.15) is 5.82 Å². The topological polar surface area (TPSA) is 49.4 Å². The Hall–Kier alpha value is -2.11. The zero-order valence-corrected chi connectivity index (χ0v) is 14.6. The number of nitrogens with zero attached hydrogens (tertiary/aromatic N) is 1. The third-order valence-corrected chi connectivity index (χ3v) is 4.00. The lowest BCUT2D eigenvalue weighted by molar-refractivity contribution is -0.116. The fourth-order valence-electron chi connectivity index (χ4n) is 2.03. The molecular formula is C17H15Cl2FN2O2. The number of carbonyl (C=O) groups is 2. The normalized spacial score (nSPS) is 10.4. The van der Waals surface area contributed by atoms with Gasteiger partial charge in [0, 0.05) is 12.6 Å². The van der Waals surface area contributed by atoms with Crippen molar-refractivity contribution >= 4 is 40.7 Å². The molecule has 0 saturated heterocycles. The molecule has 0 aromatic heterocycles. The van der Waals surface area contributed by atoms with Gasteiger partial charge in [-0.2, -0.15) is 0 Å². The predicted molar refractivity (Wildman–Crippen MR) is 93.2 cm³/mol. The average molecular weight is 369 g/mol. The molecule has 24 heavy (non-hydrogen) atoms. The first-order valence-electron chi connectivity index (χ1n) is 7.05. The number of hydrogen-bond acceptors (Lipinski definition) is 2. The van der Waals surface area contributed by atoms with Gasteiger partial charge < -0.3 is 10.2 Å². The summed E-state index contributed by atoms with van der Waals surface area (Å²) in [6.45, 7) is 1.38. The van der Waals surface area contributed by atoms with Gasteiger partial charge in [-0.25, -0.2) is 4.39 Å². The Labute approximate surface area is 149 Å². The average Bonchev–Trinajstić information content (AvgIpc) is 2.53. The molecule has 2 aromatic rings. The Morgan fingerprint density at radius 2 is 1.79 bits per heavy atom. The third kappa shape index (κ3) is 4.24. The summed E-state index contributed by atoms with van der Waals surface area (Å²) in [7, 11) is 1.45. The lowest BCUT2D eigenvalue weighted by Crippen LogP contribution is -2.35. The molecule has 2 rings (SSSR count). The van der Waals surface area contributed by atoms with E-state index in [1.54, 1.807) is 25.1 Å². The van der Waals surface area contributed by atoms with E-state index in [-0.39, 0.29) is 17.8 Å². The van der Waals surface area contributed by atoms with Crippen molar-refractivity contribution in [3.8, 4) is 0 Å². The van der Waals surface area contributed by atoms with Gasteiger partial charge in [-0.05, 0) is 36.8 Å². The van der Waals surface area contributed by atoms with E-state index in [4.69, 9.17) is 23.2 Å². The minimum atomic E-state index is -0.471. The maximum atomic E-state index is 13.6. The largest absolute Gasteiger partial charge is 0.332 e. The summed E-state index contributed by atoms with van der Waals surface area (Å²) in [4.78, 5) is 25.5. The zero-order chi connectivity index (χ0) is 17.9. The molecule has 0 aliphatic rings. The van der Waals surface area contributed by atoms with Gasteiger partial charge in [-0.1, -0.05) is 35.3 Å². The van der Waals surface area contributed by atoms with E-state index in [0.717, 1.165) is 6.07 Å². The lowest BCUT2D eigenvalue weighted by atomic mass is 10.1. The highest BCUT2D eigenvalue weighted by atomic mass is 35.5. The second kappa shape index (κ2) is 7.64. The molecule has 1 N–H and O–H groups in total. The second-order valence-corrected chi connectivity index (χ2v) is 6.08. The van der Waals surface area contributed by atoms with Crippen LogP contribution in [0.3, 0.4) is 0 Å². The Morgan fingerprint density at radius 1 is 1.17 bits per heavy atom. The first-order valence-corrected chi connectivity index (χ1v) is 7.80. The number of rotatable bonds is 4. The second-order valence-electron chi connectivity index (χ2n) is 5.27. The summed E-state index contributed by atoms with van der Waals surface area (Å²) in [6.07, 6.45) is 0. The smallest absolute Gasteiger partial charge is 0.254 e. The quantitative estimate of drug-likeness (QED) is 0.880. The van der Waals surface area contributed by atoms with Gasteiger partial charge in [0.05, 0.1) is 22.3 Å². The van der Waals surface area contributed by atoms with Crippen LogP contribution >= 0.6 is 23.2 Å². The fourth-order valence-corrected chi connectivity index (χ4v) is 2.52. The van der Waals surface area contributed by atoms with Crippen molar-refractivity contribution < 1.29 is 14.0 Å². The molecule has 0 atom stereocenters. The number of anilines is 1. The molecule has 0 radical (unpaired) electrons. The summed E-state index contributed by atoms with van der Waals surface area (Å²) >= 11 is 12.0. The van der Waals surface area contributed by atoms with E-state index in [9.17, 15) is 14.0 Å². The van der Waals surface area contributed by atoms with Crippen molar-refractivity contribution in [2.75, 3.05) is 18.9 Å². The summed E-state index contributed by atoms with van der Waals surface area (Å²) < 4.78 is 13.6. The molecule has 0 aliphatic carbocycles. The highest BCUT2D eigenvalue weighted by Crippen LogP contribution is 2.29. The third-order valence-electron chi connectivity index (χ3n) is 3.37. The van der Waals surface area contributed by atoms with Gasteiger partial charge in [-0.3, -0.25) is 9.59 Å². The maximum Gasteiger partial charge on any atom is 0.254 e. The van der Waals surface area contributed by atoms with E-state index in [1.807, 2.05) is 0 Å². The molecule has 0 bridgehead atoms. The summed E-state index contributed by atoms with van der Waals surface area (Å²) in [6, 6.07) is 9.01. The van der Waals surface area contributed by atoms with Gasteiger partial charge in [0.15, 0.2) is 0 Å². The molecule has 2 aromatic carbocycles. The number of halogens is 3. The molecule has 0 saturated carbocycles. The number of carbonyl (C=O) groups excluding carboxylic acids is 2. The van der Waals surface area contributed by atoms with Gasteiger partial charge >= 0.3 is 0 Å². The van der Waals surface area contributed by atoms with Gasteiger partial charge in [-0.15, -0.1) is 0 Å². The number of aryl methyl sites for hydroxylation is 1. The molecule has 0 spiro atoms. The van der Waals surface area contributed by atoms with Crippen molar-refractivity contribution in [2.45, 2.75) is 6.92 Å². The molecule has 0 fully saturated rings. The highest BCUT2D eigenvalue weighted by molar-refractivity contribution is 6.39. The first kappa shape index (κ1) is 18.2. The SMILES string of the molecule is Cc1ccc(C(=O)N(C)CC(=O)Nc2c(Cl)cccc2Cl)cc1F. The molecule has 2 amide bonds. The Bertz CT molecular complexity index is 776. The number of likely N-dealkylation sites (N-methyl/N-ethyl adjacent to an activating group) is 1. The van der Waals surface area contributed by atoms with Crippen molar-refractivity contribution in [3.63, 3.8) is 0 Å². The van der Waals surface area contributed by atoms with Crippen LogP contribution in [-0.2, 0) is 4.79 Å². The van der Waals surface area contributed by atoms with Crippen LogP contribution < -0.4 is 5.32 Å². The molecule has 0 unspecified atom stereocenters. The Balaban J connectivity index is 2.05. The summed E-state index contributed by atoms with van der Waals surface area (Å²) in [5.74, 6) is -1.40. The molecule has 7 heteroatoms. The van der Waals surface area contributed by atoms with Crippen LogP contribution in [-0.4, -0.2) is 30.3 Å². The standard InChI is InChI=1S/C17H15Cl2FN2O2/c1-10-6-7-11(8-14(10)20)17(24)22(2)9-15(23)21-16-12(18)4-3-5-13(16)19/h3-8H,9H2,1-2H3,(H,21,23). The van der Waals surface area contributed by atoms with E-state index in [2.05, 4.69) is 5.32 Å². The maximum absolute atomic E-state index is 13.6. The van der Waals surface area contributed by atoms with Crippen LogP contribution in [0.5, 0.6) is 0 Å². The summed E-state index contributed by atoms with van der Waals surface area (Å²) in [5.41, 5.74) is 0.901. The fraction of sp³-hybridized carbons (Fsp3) is 0.176. The van der Waals surface area contributed by atoms with Crippen LogP contribution in [0.4, 0.5) is 10.1 Å². The van der Waals surface area contributed by atoms with Crippen LogP contribution in [0.15, 0.2) is 36.4 Å². The molecule has 126 valence electrons. The Morgan fingerprint density at radius 3 is 2.38 bits per heavy atom. The number of hydrogen-bond donors (Lipinski definition) is 1. The number of nitrogens with one attached hydrogen (secondary N) is 1. The van der Waals surface area contributed by atoms with E-state index < -0.39 is 17.6 Å². The van der Waals surface area contributed by atoms with Crippen LogP contribution in [0, 0.1) is 12.7 Å². The van der Waals surface area contributed by atoms with E-state index >= 15 is 0 Å². The zero-order valence-electron chi connectivity index (χ0n) is 13.1. The first-order chi connectivity index (χ1) is 11.3. The number of para-hydroxylation sites is 1. The van der Waals surface area contributed by atoms with Crippen LogP contribution in [0.1, 0.15) is 15.9 Å². The molecule has 0 aliphatic heterocycles. The van der Waals surface area contributed by atoms with Gasteiger partial charge in [0.25, 0.3) is 5.91 Å². The minimum Gasteiger partial charge on any atom is -0.332 e.